The minimum absolute atomic E-state index is 0. The number of ether oxygens (including phenoxy) is 1. The summed E-state index contributed by atoms with van der Waals surface area (Å²) in [6.07, 6.45) is -5.99. The van der Waals surface area contributed by atoms with Crippen molar-refractivity contribution in [2.45, 2.75) is 30.6 Å². The molecule has 0 amide bonds. The van der Waals surface area contributed by atoms with Gasteiger partial charge in [0.15, 0.2) is 0 Å². The molecule has 0 aromatic rings. The number of halogens is 1. The van der Waals surface area contributed by atoms with Crippen molar-refractivity contribution < 1.29 is 46.2 Å². The summed E-state index contributed by atoms with van der Waals surface area (Å²) in [7, 11) is 0. The Labute approximate surface area is 102 Å². The molecule has 0 aromatic heterocycles. The molecule has 1 saturated heterocycles. The van der Waals surface area contributed by atoms with Crippen LogP contribution in [0.4, 0.5) is 0 Å². The molecule has 14 heavy (non-hydrogen) atoms. The van der Waals surface area contributed by atoms with Crippen LogP contribution in [0.25, 0.3) is 0 Å². The largest absolute Gasteiger partial charge is 0.394 e. The van der Waals surface area contributed by atoms with Crippen molar-refractivity contribution in [1.29, 1.82) is 0 Å². The zero-order chi connectivity index (χ0) is 9.30. The van der Waals surface area contributed by atoms with E-state index in [4.69, 9.17) is 25.8 Å². The Morgan fingerprint density at radius 1 is 1.07 bits per heavy atom. The third-order valence-corrected chi connectivity index (χ3v) is 1.93. The minimum Gasteiger partial charge on any atom is -0.394 e. The molecular formula is C6H14ClNO5Pt. The van der Waals surface area contributed by atoms with Crippen LogP contribution in [0, 0.1) is 0 Å². The van der Waals surface area contributed by atoms with Crippen LogP contribution in [0.5, 0.6) is 0 Å². The van der Waals surface area contributed by atoms with Gasteiger partial charge in [0.2, 0.25) is 0 Å². The van der Waals surface area contributed by atoms with E-state index in [1.165, 1.54) is 0 Å². The fourth-order valence-electron chi connectivity index (χ4n) is 1.13. The van der Waals surface area contributed by atoms with Crippen molar-refractivity contribution in [1.82, 2.24) is 0 Å². The molecule has 0 aliphatic carbocycles. The van der Waals surface area contributed by atoms with E-state index in [9.17, 15) is 5.11 Å². The standard InChI is InChI=1S/C6H13NO5.ClH.Pt/c7-6-5(11)4(10)3(9)2(1-8)12-6;;/h2-6,8-11H,1,7H2;1H;/t2-,3+,4+,5-,6?;;/m1../s1. The Morgan fingerprint density at radius 2 is 1.57 bits per heavy atom. The first kappa shape index (κ1) is 17.1. The molecule has 1 unspecified atom stereocenters. The Balaban J connectivity index is 0. The van der Waals surface area contributed by atoms with Crippen molar-refractivity contribution in [3.63, 3.8) is 0 Å². The minimum atomic E-state index is -1.37. The fourth-order valence-corrected chi connectivity index (χ4v) is 1.13. The normalized spacial score (nSPS) is 42.2. The van der Waals surface area contributed by atoms with Crippen molar-refractivity contribution in [2.75, 3.05) is 6.61 Å². The predicted molar refractivity (Wildman–Crippen MR) is 45.2 cm³/mol. The van der Waals surface area contributed by atoms with E-state index in [2.05, 4.69) is 0 Å². The van der Waals surface area contributed by atoms with Gasteiger partial charge in [0.05, 0.1) is 6.61 Å². The molecule has 0 aromatic carbocycles. The van der Waals surface area contributed by atoms with E-state index in [1.807, 2.05) is 0 Å². The van der Waals surface area contributed by atoms with E-state index < -0.39 is 37.3 Å². The monoisotopic (exact) mass is 410 g/mol. The first-order valence-electron chi connectivity index (χ1n) is 3.64. The molecule has 0 radical (unpaired) electrons. The molecular weight excluding hydrogens is 397 g/mol. The topological polar surface area (TPSA) is 116 Å². The quantitative estimate of drug-likeness (QED) is 0.318. The van der Waals surface area contributed by atoms with Crippen LogP contribution in [0.15, 0.2) is 0 Å². The Kier molecular flexibility index (Phi) is 8.68. The van der Waals surface area contributed by atoms with Gasteiger partial charge < -0.3 is 30.9 Å². The van der Waals surface area contributed by atoms with Crippen LogP contribution in [-0.4, -0.2) is 57.7 Å². The average Bonchev–Trinajstić information content (AvgIpc) is 2.08. The van der Waals surface area contributed by atoms with E-state index in [0.717, 1.165) is 0 Å². The van der Waals surface area contributed by atoms with E-state index >= 15 is 0 Å². The first-order chi connectivity index (χ1) is 5.57. The van der Waals surface area contributed by atoms with Crippen LogP contribution < -0.4 is 5.73 Å². The maximum Gasteiger partial charge on any atom is 0.135 e. The molecule has 1 rings (SSSR count). The molecule has 1 fully saturated rings. The number of aliphatic hydroxyl groups excluding tert-OH is 4. The number of nitrogens with two attached hydrogens (primary N) is 1. The van der Waals surface area contributed by atoms with Crippen molar-refractivity contribution in [3.05, 3.63) is 0 Å². The van der Waals surface area contributed by atoms with Gasteiger partial charge in [-0.2, -0.15) is 0 Å². The van der Waals surface area contributed by atoms with Gasteiger partial charge in [0.25, 0.3) is 0 Å². The fraction of sp³-hybridized carbons (Fsp3) is 1.00. The molecule has 1 heterocycles. The molecule has 6 nitrogen and oxygen atoms in total. The summed E-state index contributed by atoms with van der Waals surface area (Å²) in [5, 5.41) is 36.1. The number of hydrogen-bond donors (Lipinski definition) is 5. The molecule has 90 valence electrons. The molecule has 6 N–H and O–H groups in total. The van der Waals surface area contributed by atoms with Gasteiger partial charge >= 0.3 is 0 Å². The zero-order valence-corrected chi connectivity index (χ0v) is 10.2. The van der Waals surface area contributed by atoms with Crippen molar-refractivity contribution in [2.24, 2.45) is 5.73 Å². The third-order valence-electron chi connectivity index (χ3n) is 1.93. The van der Waals surface area contributed by atoms with Gasteiger partial charge in [0, 0.05) is 21.1 Å². The summed E-state index contributed by atoms with van der Waals surface area (Å²) in [6, 6.07) is 0. The molecule has 8 heteroatoms. The summed E-state index contributed by atoms with van der Waals surface area (Å²) in [6.45, 7) is -0.446. The Bertz CT molecular complexity index is 160. The van der Waals surface area contributed by atoms with Crippen molar-refractivity contribution in [3.8, 4) is 0 Å². The summed E-state index contributed by atoms with van der Waals surface area (Å²) < 4.78 is 4.80. The van der Waals surface area contributed by atoms with Gasteiger partial charge in [-0.1, -0.05) is 0 Å². The second-order valence-corrected chi connectivity index (χ2v) is 2.79. The third kappa shape index (κ3) is 3.39. The van der Waals surface area contributed by atoms with Gasteiger partial charge in [-0.05, 0) is 0 Å². The number of hydrogen-bond acceptors (Lipinski definition) is 6. The Morgan fingerprint density at radius 3 is 2.00 bits per heavy atom. The van der Waals surface area contributed by atoms with E-state index in [0.29, 0.717) is 0 Å². The van der Waals surface area contributed by atoms with Crippen LogP contribution in [0.2, 0.25) is 0 Å². The summed E-state index contributed by atoms with van der Waals surface area (Å²) >= 11 is 0. The van der Waals surface area contributed by atoms with Gasteiger partial charge in [-0.25, -0.2) is 0 Å². The maximum atomic E-state index is 9.18. The van der Waals surface area contributed by atoms with Crippen LogP contribution in [-0.2, 0) is 25.8 Å². The smallest absolute Gasteiger partial charge is 0.135 e. The summed E-state index contributed by atoms with van der Waals surface area (Å²) in [5.41, 5.74) is 5.24. The zero-order valence-electron chi connectivity index (χ0n) is 7.09. The van der Waals surface area contributed by atoms with Crippen molar-refractivity contribution >= 4 is 12.4 Å². The molecule has 1 aliphatic rings. The Hall–Kier alpha value is 0.738. The second-order valence-electron chi connectivity index (χ2n) is 2.79. The van der Waals surface area contributed by atoms with Gasteiger partial charge in [-0.3, -0.25) is 0 Å². The molecule has 1 aliphatic heterocycles. The van der Waals surface area contributed by atoms with Gasteiger partial charge in [-0.15, -0.1) is 12.4 Å². The maximum absolute atomic E-state index is 9.18. The molecule has 0 saturated carbocycles. The van der Waals surface area contributed by atoms with Crippen LogP contribution in [0.1, 0.15) is 0 Å². The second kappa shape index (κ2) is 7.08. The van der Waals surface area contributed by atoms with E-state index in [1.54, 1.807) is 0 Å². The number of rotatable bonds is 1. The SMILES string of the molecule is Cl.NC1O[C@H](CO)[C@H](O)[C@H](O)[C@H]1O.[Pt]. The number of aliphatic hydroxyl groups is 4. The van der Waals surface area contributed by atoms with E-state index in [-0.39, 0.29) is 33.5 Å². The molecule has 0 bridgehead atoms. The van der Waals surface area contributed by atoms with Crippen LogP contribution in [0.3, 0.4) is 0 Å². The van der Waals surface area contributed by atoms with Crippen LogP contribution >= 0.6 is 12.4 Å². The van der Waals surface area contributed by atoms with Gasteiger partial charge in [0.1, 0.15) is 30.6 Å². The summed E-state index contributed by atoms with van der Waals surface area (Å²) in [5.74, 6) is 0. The predicted octanol–water partition coefficient (Wildman–Crippen LogP) is -2.84. The average molecular weight is 411 g/mol. The summed E-state index contributed by atoms with van der Waals surface area (Å²) in [4.78, 5) is 0. The molecule has 0 spiro atoms. The first-order valence-corrected chi connectivity index (χ1v) is 3.64. The molecule has 5 atom stereocenters.